The van der Waals surface area contributed by atoms with E-state index in [-0.39, 0.29) is 23.8 Å². The molecule has 25 heavy (non-hydrogen) atoms. The van der Waals surface area contributed by atoms with Gasteiger partial charge in [0.25, 0.3) is 0 Å². The average Bonchev–Trinajstić information content (AvgIpc) is 2.59. The minimum absolute atomic E-state index is 0.0312. The first-order chi connectivity index (χ1) is 11.9. The van der Waals surface area contributed by atoms with Crippen molar-refractivity contribution in [3.05, 3.63) is 35.9 Å². The van der Waals surface area contributed by atoms with E-state index in [2.05, 4.69) is 0 Å². The largest absolute Gasteiger partial charge is 0.481 e. The third-order valence-corrected chi connectivity index (χ3v) is 6.66. The Hall–Kier alpha value is -1.58. The Morgan fingerprint density at radius 2 is 1.72 bits per heavy atom. The number of carbonyl (C=O) groups is 2. The summed E-state index contributed by atoms with van der Waals surface area (Å²) in [6.45, 7) is 1.32. The highest BCUT2D eigenvalue weighted by Crippen LogP contribution is 2.14. The zero-order valence-electron chi connectivity index (χ0n) is 13.8. The molecule has 2 rings (SSSR count). The molecule has 0 radical (unpaired) electrons. The Kier molecular flexibility index (Phi) is 7.27. The van der Waals surface area contributed by atoms with E-state index in [9.17, 15) is 18.0 Å². The number of piperazine rings is 1. The van der Waals surface area contributed by atoms with Gasteiger partial charge in [0.1, 0.15) is 0 Å². The Morgan fingerprint density at radius 1 is 1.08 bits per heavy atom. The summed E-state index contributed by atoms with van der Waals surface area (Å²) in [5.41, 5.74) is 0.746. The van der Waals surface area contributed by atoms with Crippen molar-refractivity contribution >= 4 is 33.7 Å². The maximum Gasteiger partial charge on any atom is 0.304 e. The lowest BCUT2D eigenvalue weighted by Crippen LogP contribution is -2.51. The maximum atomic E-state index is 12.5. The number of amides is 1. The molecule has 1 aliphatic rings. The predicted octanol–water partition coefficient (Wildman–Crippen LogP) is 0.869. The molecule has 0 aromatic heterocycles. The van der Waals surface area contributed by atoms with Gasteiger partial charge in [0.15, 0.2) is 0 Å². The second kappa shape index (κ2) is 9.21. The van der Waals surface area contributed by atoms with Gasteiger partial charge in [0.2, 0.25) is 15.9 Å². The summed E-state index contributed by atoms with van der Waals surface area (Å²) in [6.07, 6.45) is 0.0312. The molecule has 0 bridgehead atoms. The van der Waals surface area contributed by atoms with E-state index in [1.54, 1.807) is 17.0 Å². The number of benzene rings is 1. The lowest BCUT2D eigenvalue weighted by Gasteiger charge is -2.34. The molecular formula is C16H22N2O5S2. The predicted molar refractivity (Wildman–Crippen MR) is 96.8 cm³/mol. The molecule has 0 atom stereocenters. The monoisotopic (exact) mass is 386 g/mol. The van der Waals surface area contributed by atoms with Gasteiger partial charge in [-0.2, -0.15) is 16.1 Å². The van der Waals surface area contributed by atoms with Gasteiger partial charge in [0, 0.05) is 31.9 Å². The Morgan fingerprint density at radius 3 is 2.32 bits per heavy atom. The average molecular weight is 386 g/mol. The van der Waals surface area contributed by atoms with Crippen LogP contribution in [-0.4, -0.2) is 72.3 Å². The molecule has 1 N–H and O–H groups in total. The van der Waals surface area contributed by atoms with E-state index in [4.69, 9.17) is 5.11 Å². The lowest BCUT2D eigenvalue weighted by molar-refractivity contribution is -0.136. The fourth-order valence-corrected chi connectivity index (χ4v) is 4.84. The number of sulfonamides is 1. The zero-order valence-corrected chi connectivity index (χ0v) is 15.5. The molecule has 138 valence electrons. The number of thioether (sulfide) groups is 1. The van der Waals surface area contributed by atoms with Crippen LogP contribution in [0, 0.1) is 0 Å². The lowest BCUT2D eigenvalue weighted by atomic mass is 10.2. The molecule has 1 heterocycles. The van der Waals surface area contributed by atoms with Crippen LogP contribution in [0.15, 0.2) is 30.3 Å². The van der Waals surface area contributed by atoms with Crippen molar-refractivity contribution in [2.45, 2.75) is 12.2 Å². The first-order valence-corrected chi connectivity index (χ1v) is 10.7. The third kappa shape index (κ3) is 6.33. The second-order valence-corrected chi connectivity index (χ2v) is 8.79. The number of rotatable bonds is 8. The van der Waals surface area contributed by atoms with E-state index in [1.165, 1.54) is 16.1 Å². The Labute approximate surface area is 152 Å². The Balaban J connectivity index is 1.78. The van der Waals surface area contributed by atoms with Gasteiger partial charge in [-0.3, -0.25) is 9.59 Å². The van der Waals surface area contributed by atoms with Crippen LogP contribution in [-0.2, 0) is 25.4 Å². The summed E-state index contributed by atoms with van der Waals surface area (Å²) >= 11 is 1.29. The highest BCUT2D eigenvalue weighted by molar-refractivity contribution is 7.99. The molecule has 1 aliphatic heterocycles. The fourth-order valence-electron chi connectivity index (χ4n) is 2.50. The van der Waals surface area contributed by atoms with Crippen LogP contribution < -0.4 is 0 Å². The van der Waals surface area contributed by atoms with E-state index in [0.29, 0.717) is 31.9 Å². The van der Waals surface area contributed by atoms with Gasteiger partial charge in [-0.1, -0.05) is 30.3 Å². The molecule has 1 aromatic carbocycles. The van der Waals surface area contributed by atoms with Crippen molar-refractivity contribution in [3.8, 4) is 0 Å². The highest BCUT2D eigenvalue weighted by atomic mass is 32.2. The first kappa shape index (κ1) is 19.7. The molecular weight excluding hydrogens is 364 g/mol. The molecule has 1 fully saturated rings. The van der Waals surface area contributed by atoms with Crippen LogP contribution in [0.1, 0.15) is 12.0 Å². The molecule has 9 heteroatoms. The number of hydrogen-bond donors (Lipinski definition) is 1. The fraction of sp³-hybridized carbons (Fsp3) is 0.500. The van der Waals surface area contributed by atoms with Crippen molar-refractivity contribution in [3.63, 3.8) is 0 Å². The van der Waals surface area contributed by atoms with Crippen molar-refractivity contribution < 1.29 is 23.1 Å². The number of nitrogens with zero attached hydrogens (tertiary/aromatic N) is 2. The summed E-state index contributed by atoms with van der Waals surface area (Å²) in [6, 6.07) is 9.03. The maximum absolute atomic E-state index is 12.5. The van der Waals surface area contributed by atoms with Crippen LogP contribution in [0.3, 0.4) is 0 Å². The number of carbonyl (C=O) groups excluding carboxylic acids is 1. The van der Waals surface area contributed by atoms with Crippen molar-refractivity contribution in [2.75, 3.05) is 37.7 Å². The summed E-state index contributed by atoms with van der Waals surface area (Å²) in [7, 11) is -3.39. The smallest absolute Gasteiger partial charge is 0.304 e. The van der Waals surface area contributed by atoms with Gasteiger partial charge in [0.05, 0.1) is 17.9 Å². The molecule has 1 saturated heterocycles. The van der Waals surface area contributed by atoms with E-state index >= 15 is 0 Å². The second-order valence-electron chi connectivity index (χ2n) is 5.72. The van der Waals surface area contributed by atoms with Gasteiger partial charge < -0.3 is 10.0 Å². The molecule has 0 spiro atoms. The number of hydrogen-bond acceptors (Lipinski definition) is 5. The third-order valence-electron chi connectivity index (χ3n) is 3.86. The molecule has 0 aliphatic carbocycles. The quantitative estimate of drug-likeness (QED) is 0.666. The summed E-state index contributed by atoms with van der Waals surface area (Å²) in [5, 5.41) is 8.57. The summed E-state index contributed by atoms with van der Waals surface area (Å²) in [5.74, 6) is -0.365. The minimum Gasteiger partial charge on any atom is -0.481 e. The number of carboxylic acids is 1. The molecule has 0 unspecified atom stereocenters. The van der Waals surface area contributed by atoms with Crippen LogP contribution in [0.4, 0.5) is 0 Å². The van der Waals surface area contributed by atoms with E-state index in [1.807, 2.05) is 18.2 Å². The SMILES string of the molecule is O=C(O)CCSCC(=O)N1CCN(S(=O)(=O)Cc2ccccc2)CC1. The van der Waals surface area contributed by atoms with Crippen molar-refractivity contribution in [1.82, 2.24) is 9.21 Å². The van der Waals surface area contributed by atoms with Crippen LogP contribution in [0.2, 0.25) is 0 Å². The van der Waals surface area contributed by atoms with E-state index < -0.39 is 16.0 Å². The molecule has 1 aromatic rings. The van der Waals surface area contributed by atoms with Gasteiger partial charge in [-0.25, -0.2) is 8.42 Å². The summed E-state index contributed by atoms with van der Waals surface area (Å²) < 4.78 is 26.4. The zero-order chi connectivity index (χ0) is 18.3. The van der Waals surface area contributed by atoms with Crippen molar-refractivity contribution in [1.29, 1.82) is 0 Å². The first-order valence-electron chi connectivity index (χ1n) is 7.97. The number of carboxylic acid groups (broad SMARTS) is 1. The van der Waals surface area contributed by atoms with E-state index in [0.717, 1.165) is 5.56 Å². The molecule has 0 saturated carbocycles. The molecule has 1 amide bonds. The van der Waals surface area contributed by atoms with Crippen LogP contribution in [0.25, 0.3) is 0 Å². The van der Waals surface area contributed by atoms with Crippen molar-refractivity contribution in [2.24, 2.45) is 0 Å². The minimum atomic E-state index is -3.39. The number of aliphatic carboxylic acids is 1. The highest BCUT2D eigenvalue weighted by Gasteiger charge is 2.28. The van der Waals surface area contributed by atoms with Crippen LogP contribution in [0.5, 0.6) is 0 Å². The standard InChI is InChI=1S/C16H22N2O5S2/c19-15(12-24-11-6-16(20)21)17-7-9-18(10-8-17)25(22,23)13-14-4-2-1-3-5-14/h1-5H,6-13H2,(H,20,21). The topological polar surface area (TPSA) is 95.0 Å². The summed E-state index contributed by atoms with van der Waals surface area (Å²) in [4.78, 5) is 24.2. The van der Waals surface area contributed by atoms with Gasteiger partial charge in [-0.05, 0) is 5.56 Å². The van der Waals surface area contributed by atoms with Gasteiger partial charge in [-0.15, -0.1) is 0 Å². The van der Waals surface area contributed by atoms with Crippen LogP contribution >= 0.6 is 11.8 Å². The Bertz CT molecular complexity index is 686. The molecule has 7 nitrogen and oxygen atoms in total. The normalized spacial score (nSPS) is 15.9. The van der Waals surface area contributed by atoms with Gasteiger partial charge >= 0.3 is 5.97 Å².